The zero-order valence-corrected chi connectivity index (χ0v) is 12.9. The highest BCUT2D eigenvalue weighted by molar-refractivity contribution is 7.91. The van der Waals surface area contributed by atoms with Crippen molar-refractivity contribution in [2.75, 3.05) is 19.3 Å². The van der Waals surface area contributed by atoms with Crippen molar-refractivity contribution >= 4 is 15.7 Å². The van der Waals surface area contributed by atoms with E-state index < -0.39 is 15.1 Å². The maximum Gasteiger partial charge on any atom is 0.254 e. The number of nitrogens with zero attached hydrogens (tertiary/aromatic N) is 2. The lowest BCUT2D eigenvalue weighted by atomic mass is 10.1. The summed E-state index contributed by atoms with van der Waals surface area (Å²) in [4.78, 5) is 18.2. The minimum atomic E-state index is -3.08. The highest BCUT2D eigenvalue weighted by Crippen LogP contribution is 2.20. The van der Waals surface area contributed by atoms with E-state index in [0.717, 1.165) is 5.69 Å². The molecule has 0 saturated carbocycles. The molecule has 0 spiro atoms. The number of likely N-dealkylation sites (tertiary alicyclic amines) is 1. The van der Waals surface area contributed by atoms with Crippen molar-refractivity contribution in [3.63, 3.8) is 0 Å². The van der Waals surface area contributed by atoms with Crippen molar-refractivity contribution in [3.05, 3.63) is 29.6 Å². The third-order valence-electron chi connectivity index (χ3n) is 3.66. The van der Waals surface area contributed by atoms with Gasteiger partial charge in [0.25, 0.3) is 5.91 Å². The Morgan fingerprint density at radius 2 is 2.15 bits per heavy atom. The lowest BCUT2D eigenvalue weighted by molar-refractivity contribution is 0.0793. The van der Waals surface area contributed by atoms with Gasteiger partial charge in [-0.15, -0.1) is 0 Å². The summed E-state index contributed by atoms with van der Waals surface area (Å²) in [6.07, 6.45) is 3.38. The normalized spacial score (nSPS) is 19.6. The largest absolute Gasteiger partial charge is 0.337 e. The molecule has 1 aliphatic rings. The highest BCUT2D eigenvalue weighted by Gasteiger charge is 2.32. The van der Waals surface area contributed by atoms with E-state index in [4.69, 9.17) is 0 Å². The molecule has 1 aromatic rings. The minimum Gasteiger partial charge on any atom is -0.337 e. The topological polar surface area (TPSA) is 67.3 Å². The summed E-state index contributed by atoms with van der Waals surface area (Å²) in [5, 5.41) is -0.433. The van der Waals surface area contributed by atoms with Gasteiger partial charge in [-0.05, 0) is 24.5 Å². The average Bonchev–Trinajstić information content (AvgIpc) is 2.87. The van der Waals surface area contributed by atoms with Gasteiger partial charge in [0, 0.05) is 36.8 Å². The van der Waals surface area contributed by atoms with Crippen LogP contribution < -0.4 is 0 Å². The van der Waals surface area contributed by atoms with Crippen LogP contribution in [-0.2, 0) is 9.84 Å². The fraction of sp³-hybridized carbons (Fsp3) is 0.571. The molecule has 1 saturated heterocycles. The molecule has 1 fully saturated rings. The first-order chi connectivity index (χ1) is 9.29. The number of carbonyl (C=O) groups is 1. The van der Waals surface area contributed by atoms with E-state index >= 15 is 0 Å². The molecule has 1 unspecified atom stereocenters. The predicted octanol–water partition coefficient (Wildman–Crippen LogP) is 1.46. The molecule has 2 rings (SSSR count). The van der Waals surface area contributed by atoms with E-state index in [1.54, 1.807) is 23.2 Å². The van der Waals surface area contributed by atoms with Crippen LogP contribution in [0.4, 0.5) is 0 Å². The molecular formula is C14H20N2O3S. The third kappa shape index (κ3) is 3.17. The number of rotatable bonds is 3. The Balaban J connectivity index is 2.15. The van der Waals surface area contributed by atoms with E-state index in [2.05, 4.69) is 4.98 Å². The van der Waals surface area contributed by atoms with Gasteiger partial charge in [0.15, 0.2) is 9.84 Å². The van der Waals surface area contributed by atoms with Gasteiger partial charge in [0.05, 0.1) is 5.25 Å². The van der Waals surface area contributed by atoms with Crippen molar-refractivity contribution in [2.45, 2.75) is 31.4 Å². The van der Waals surface area contributed by atoms with Crippen molar-refractivity contribution < 1.29 is 13.2 Å². The second kappa shape index (κ2) is 5.52. The number of hydrogen-bond acceptors (Lipinski definition) is 4. The number of pyridine rings is 1. The van der Waals surface area contributed by atoms with Crippen molar-refractivity contribution in [2.24, 2.45) is 0 Å². The summed E-state index contributed by atoms with van der Waals surface area (Å²) in [7, 11) is -3.08. The van der Waals surface area contributed by atoms with Crippen LogP contribution in [0, 0.1) is 0 Å². The van der Waals surface area contributed by atoms with Gasteiger partial charge in [-0.2, -0.15) is 0 Å². The van der Waals surface area contributed by atoms with Gasteiger partial charge in [0.1, 0.15) is 0 Å². The zero-order chi connectivity index (χ0) is 14.9. The van der Waals surface area contributed by atoms with Crippen LogP contribution in [0.5, 0.6) is 0 Å². The number of carbonyl (C=O) groups excluding carboxylic acids is 1. The molecule has 0 aliphatic carbocycles. The standard InChI is InChI=1S/C14H20N2O3S/c1-10(2)13-8-11(4-6-15-13)14(17)16-7-5-12(9-16)20(3,18)19/h4,6,8,10,12H,5,7,9H2,1-3H3. The molecule has 1 amide bonds. The molecule has 2 heterocycles. The average molecular weight is 296 g/mol. The Hall–Kier alpha value is -1.43. The Labute approximate surface area is 119 Å². The van der Waals surface area contributed by atoms with Gasteiger partial charge in [-0.1, -0.05) is 13.8 Å². The van der Waals surface area contributed by atoms with E-state index in [9.17, 15) is 13.2 Å². The number of amides is 1. The SMILES string of the molecule is CC(C)c1cc(C(=O)N2CCC(S(C)(=O)=O)C2)ccn1. The molecular weight excluding hydrogens is 276 g/mol. The lowest BCUT2D eigenvalue weighted by Crippen LogP contribution is -2.31. The lowest BCUT2D eigenvalue weighted by Gasteiger charge is -2.17. The maximum absolute atomic E-state index is 12.4. The number of hydrogen-bond donors (Lipinski definition) is 0. The van der Waals surface area contributed by atoms with Crippen LogP contribution in [0.1, 0.15) is 42.2 Å². The second-order valence-corrected chi connectivity index (χ2v) is 7.94. The smallest absolute Gasteiger partial charge is 0.254 e. The van der Waals surface area contributed by atoms with Gasteiger partial charge in [-0.25, -0.2) is 8.42 Å². The molecule has 110 valence electrons. The molecule has 0 bridgehead atoms. The summed E-state index contributed by atoms with van der Waals surface area (Å²) in [6, 6.07) is 3.47. The second-order valence-electron chi connectivity index (χ2n) is 5.62. The van der Waals surface area contributed by atoms with Crippen molar-refractivity contribution in [3.8, 4) is 0 Å². The van der Waals surface area contributed by atoms with Crippen molar-refractivity contribution in [1.29, 1.82) is 0 Å². The fourth-order valence-corrected chi connectivity index (χ4v) is 3.33. The summed E-state index contributed by atoms with van der Waals surface area (Å²) < 4.78 is 23.1. The van der Waals surface area contributed by atoms with Gasteiger partial charge in [-0.3, -0.25) is 9.78 Å². The van der Waals surface area contributed by atoms with Crippen LogP contribution >= 0.6 is 0 Å². The van der Waals surface area contributed by atoms with E-state index in [1.165, 1.54) is 6.26 Å². The van der Waals surface area contributed by atoms with Crippen LogP contribution in [-0.4, -0.2) is 48.8 Å². The maximum atomic E-state index is 12.4. The number of sulfone groups is 1. The summed E-state index contributed by atoms with van der Waals surface area (Å²) in [5.74, 6) is 0.144. The van der Waals surface area contributed by atoms with Crippen LogP contribution in [0.2, 0.25) is 0 Å². The molecule has 5 nitrogen and oxygen atoms in total. The van der Waals surface area contributed by atoms with Crippen molar-refractivity contribution in [1.82, 2.24) is 9.88 Å². The molecule has 20 heavy (non-hydrogen) atoms. The molecule has 6 heteroatoms. The zero-order valence-electron chi connectivity index (χ0n) is 12.0. The van der Waals surface area contributed by atoms with Crippen LogP contribution in [0.15, 0.2) is 18.3 Å². The Bertz CT molecular complexity index is 611. The molecule has 1 aromatic heterocycles. The van der Waals surface area contributed by atoms with Gasteiger partial charge >= 0.3 is 0 Å². The predicted molar refractivity (Wildman–Crippen MR) is 77.5 cm³/mol. The summed E-state index contributed by atoms with van der Waals surface area (Å²) in [6.45, 7) is 4.82. The molecule has 1 aliphatic heterocycles. The summed E-state index contributed by atoms with van der Waals surface area (Å²) >= 11 is 0. The first-order valence-electron chi connectivity index (χ1n) is 6.73. The van der Waals surface area contributed by atoms with Gasteiger partial charge in [0.2, 0.25) is 0 Å². The molecule has 0 aromatic carbocycles. The summed E-state index contributed by atoms with van der Waals surface area (Å²) in [5.41, 5.74) is 1.45. The molecule has 0 radical (unpaired) electrons. The van der Waals surface area contributed by atoms with E-state index in [-0.39, 0.29) is 18.4 Å². The first-order valence-corrected chi connectivity index (χ1v) is 8.68. The quantitative estimate of drug-likeness (QED) is 0.847. The Morgan fingerprint density at radius 3 is 2.70 bits per heavy atom. The van der Waals surface area contributed by atoms with Gasteiger partial charge < -0.3 is 4.90 Å². The first kappa shape index (κ1) is 15.0. The van der Waals surface area contributed by atoms with E-state index in [1.807, 2.05) is 13.8 Å². The number of aromatic nitrogens is 1. The third-order valence-corrected chi connectivity index (χ3v) is 5.25. The minimum absolute atomic E-state index is 0.111. The Morgan fingerprint density at radius 1 is 1.45 bits per heavy atom. The van der Waals surface area contributed by atoms with Crippen LogP contribution in [0.3, 0.4) is 0 Å². The van der Waals surface area contributed by atoms with Crippen LogP contribution in [0.25, 0.3) is 0 Å². The fourth-order valence-electron chi connectivity index (χ4n) is 2.34. The molecule has 0 N–H and O–H groups in total. The monoisotopic (exact) mass is 296 g/mol. The molecule has 1 atom stereocenters. The Kier molecular flexibility index (Phi) is 4.13. The van der Waals surface area contributed by atoms with E-state index in [0.29, 0.717) is 18.5 Å². The highest BCUT2D eigenvalue weighted by atomic mass is 32.2.